The quantitative estimate of drug-likeness (QED) is 0.919. The minimum Gasteiger partial charge on any atom is -0.486 e. The number of benzene rings is 1. The molecule has 0 saturated carbocycles. The fourth-order valence-corrected chi connectivity index (χ4v) is 3.13. The topological polar surface area (TPSA) is 37.4 Å². The number of aromatic nitrogens is 1. The Labute approximate surface area is 127 Å². The first-order chi connectivity index (χ1) is 10.3. The summed E-state index contributed by atoms with van der Waals surface area (Å²) in [5.41, 5.74) is 0. The molecule has 6 heteroatoms. The van der Waals surface area contributed by atoms with Gasteiger partial charge in [0.2, 0.25) is 0 Å². The number of rotatable bonds is 5. The fourth-order valence-electron chi connectivity index (χ4n) is 2.25. The average molecular weight is 307 g/mol. The molecular formula is C15H18FN3OS. The van der Waals surface area contributed by atoms with Crippen molar-refractivity contribution in [3.63, 3.8) is 0 Å². The molecule has 1 aromatic carbocycles. The Morgan fingerprint density at radius 3 is 2.76 bits per heavy atom. The second-order valence-electron chi connectivity index (χ2n) is 4.99. The molecule has 3 rings (SSSR count). The van der Waals surface area contributed by atoms with E-state index in [2.05, 4.69) is 15.2 Å². The summed E-state index contributed by atoms with van der Waals surface area (Å²) in [6, 6.07) is 6.05. The first-order valence-corrected chi connectivity index (χ1v) is 7.86. The minimum atomic E-state index is -0.255. The lowest BCUT2D eigenvalue weighted by Crippen LogP contribution is -2.42. The van der Waals surface area contributed by atoms with E-state index in [0.29, 0.717) is 12.4 Å². The molecule has 1 aromatic heterocycles. The van der Waals surface area contributed by atoms with Gasteiger partial charge >= 0.3 is 0 Å². The standard InChI is InChI=1S/C15H18FN3OS/c16-12-1-3-13(4-2-12)20-11-15-18-9-14(21-15)10-19-7-5-17-6-8-19/h1-4,9,17H,5-8,10-11H2. The van der Waals surface area contributed by atoms with Crippen molar-refractivity contribution in [1.82, 2.24) is 15.2 Å². The summed E-state index contributed by atoms with van der Waals surface area (Å²) in [5.74, 6) is 0.408. The van der Waals surface area contributed by atoms with Crippen LogP contribution in [-0.4, -0.2) is 36.1 Å². The molecule has 4 nitrogen and oxygen atoms in total. The second kappa shape index (κ2) is 6.98. The molecule has 0 amide bonds. The van der Waals surface area contributed by atoms with Gasteiger partial charge in [-0.3, -0.25) is 4.90 Å². The van der Waals surface area contributed by atoms with Gasteiger partial charge in [-0.1, -0.05) is 0 Å². The fraction of sp³-hybridized carbons (Fsp3) is 0.400. The summed E-state index contributed by atoms with van der Waals surface area (Å²) < 4.78 is 18.4. The molecule has 0 spiro atoms. The second-order valence-corrected chi connectivity index (χ2v) is 6.19. The van der Waals surface area contributed by atoms with E-state index in [0.717, 1.165) is 37.7 Å². The van der Waals surface area contributed by atoms with E-state index in [-0.39, 0.29) is 5.82 Å². The van der Waals surface area contributed by atoms with Crippen molar-refractivity contribution >= 4 is 11.3 Å². The van der Waals surface area contributed by atoms with Crippen molar-refractivity contribution in [2.45, 2.75) is 13.2 Å². The maximum absolute atomic E-state index is 12.8. The zero-order valence-electron chi connectivity index (χ0n) is 11.7. The molecule has 0 atom stereocenters. The van der Waals surface area contributed by atoms with Gasteiger partial charge in [-0.15, -0.1) is 11.3 Å². The van der Waals surface area contributed by atoms with E-state index in [4.69, 9.17) is 4.74 Å². The Morgan fingerprint density at radius 2 is 2.00 bits per heavy atom. The summed E-state index contributed by atoms with van der Waals surface area (Å²) in [6.07, 6.45) is 1.93. The lowest BCUT2D eigenvalue weighted by Gasteiger charge is -2.26. The summed E-state index contributed by atoms with van der Waals surface area (Å²) in [7, 11) is 0. The largest absolute Gasteiger partial charge is 0.486 e. The third-order valence-corrected chi connectivity index (χ3v) is 4.32. The first kappa shape index (κ1) is 14.4. The SMILES string of the molecule is Fc1ccc(OCc2ncc(CN3CCNCC3)s2)cc1. The number of thiazole rings is 1. The van der Waals surface area contributed by atoms with Crippen LogP contribution in [0.4, 0.5) is 4.39 Å². The molecule has 112 valence electrons. The predicted octanol–water partition coefficient (Wildman–Crippen LogP) is 2.27. The number of ether oxygens (including phenoxy) is 1. The zero-order valence-corrected chi connectivity index (χ0v) is 12.5. The van der Waals surface area contributed by atoms with Crippen molar-refractivity contribution in [3.8, 4) is 5.75 Å². The minimum absolute atomic E-state index is 0.255. The first-order valence-electron chi connectivity index (χ1n) is 7.04. The molecule has 1 fully saturated rings. The molecule has 0 radical (unpaired) electrons. The summed E-state index contributed by atoms with van der Waals surface area (Å²) in [6.45, 7) is 5.66. The van der Waals surface area contributed by atoms with Gasteiger partial charge in [0.25, 0.3) is 0 Å². The highest BCUT2D eigenvalue weighted by atomic mass is 32.1. The Morgan fingerprint density at radius 1 is 1.24 bits per heavy atom. The number of nitrogens with one attached hydrogen (secondary N) is 1. The highest BCUT2D eigenvalue weighted by molar-refractivity contribution is 7.11. The van der Waals surface area contributed by atoms with Crippen LogP contribution in [0.3, 0.4) is 0 Å². The van der Waals surface area contributed by atoms with Crippen molar-refractivity contribution in [3.05, 3.63) is 46.2 Å². The number of halogens is 1. The molecule has 1 N–H and O–H groups in total. The normalized spacial score (nSPS) is 16.0. The molecule has 1 aliphatic rings. The maximum atomic E-state index is 12.8. The van der Waals surface area contributed by atoms with E-state index >= 15 is 0 Å². The number of hydrogen-bond acceptors (Lipinski definition) is 5. The van der Waals surface area contributed by atoms with Crippen LogP contribution in [0.15, 0.2) is 30.5 Å². The Bertz CT molecular complexity index is 567. The van der Waals surface area contributed by atoms with E-state index in [1.807, 2.05) is 6.20 Å². The van der Waals surface area contributed by atoms with Crippen LogP contribution in [0.2, 0.25) is 0 Å². The third kappa shape index (κ3) is 4.23. The van der Waals surface area contributed by atoms with Crippen molar-refractivity contribution in [2.75, 3.05) is 26.2 Å². The lowest BCUT2D eigenvalue weighted by atomic mass is 10.3. The number of hydrogen-bond donors (Lipinski definition) is 1. The van der Waals surface area contributed by atoms with E-state index in [9.17, 15) is 4.39 Å². The summed E-state index contributed by atoms with van der Waals surface area (Å²) in [5, 5.41) is 4.30. The van der Waals surface area contributed by atoms with Crippen LogP contribution in [0.1, 0.15) is 9.88 Å². The molecule has 0 unspecified atom stereocenters. The number of piperazine rings is 1. The monoisotopic (exact) mass is 307 g/mol. The maximum Gasteiger partial charge on any atom is 0.140 e. The van der Waals surface area contributed by atoms with Gasteiger partial charge in [0.1, 0.15) is 23.2 Å². The van der Waals surface area contributed by atoms with Crippen LogP contribution in [0.5, 0.6) is 5.75 Å². The molecule has 21 heavy (non-hydrogen) atoms. The van der Waals surface area contributed by atoms with Crippen molar-refractivity contribution < 1.29 is 9.13 Å². The van der Waals surface area contributed by atoms with E-state index < -0.39 is 0 Å². The predicted molar refractivity (Wildman–Crippen MR) is 81.0 cm³/mol. The Hall–Kier alpha value is -1.50. The summed E-state index contributed by atoms with van der Waals surface area (Å²) in [4.78, 5) is 8.08. The van der Waals surface area contributed by atoms with Crippen LogP contribution >= 0.6 is 11.3 Å². The Kier molecular flexibility index (Phi) is 4.80. The lowest BCUT2D eigenvalue weighted by molar-refractivity contribution is 0.235. The van der Waals surface area contributed by atoms with Gasteiger partial charge < -0.3 is 10.1 Å². The molecular weight excluding hydrogens is 289 g/mol. The molecule has 0 aliphatic carbocycles. The van der Waals surface area contributed by atoms with Crippen LogP contribution in [0, 0.1) is 5.82 Å². The Balaban J connectivity index is 1.51. The van der Waals surface area contributed by atoms with Crippen molar-refractivity contribution in [1.29, 1.82) is 0 Å². The molecule has 1 aliphatic heterocycles. The molecule has 1 saturated heterocycles. The van der Waals surface area contributed by atoms with Crippen LogP contribution < -0.4 is 10.1 Å². The van der Waals surface area contributed by atoms with Crippen molar-refractivity contribution in [2.24, 2.45) is 0 Å². The zero-order chi connectivity index (χ0) is 14.5. The van der Waals surface area contributed by atoms with Gasteiger partial charge in [0.05, 0.1) is 0 Å². The van der Waals surface area contributed by atoms with Gasteiger partial charge in [0.15, 0.2) is 0 Å². The van der Waals surface area contributed by atoms with Crippen LogP contribution in [-0.2, 0) is 13.2 Å². The molecule has 0 bridgehead atoms. The highest BCUT2D eigenvalue weighted by Crippen LogP contribution is 2.18. The van der Waals surface area contributed by atoms with Crippen LogP contribution in [0.25, 0.3) is 0 Å². The summed E-state index contributed by atoms with van der Waals surface area (Å²) >= 11 is 1.68. The molecule has 2 heterocycles. The molecule has 2 aromatic rings. The van der Waals surface area contributed by atoms with E-state index in [1.165, 1.54) is 17.0 Å². The highest BCUT2D eigenvalue weighted by Gasteiger charge is 2.12. The smallest absolute Gasteiger partial charge is 0.140 e. The van der Waals surface area contributed by atoms with E-state index in [1.54, 1.807) is 23.5 Å². The van der Waals surface area contributed by atoms with Gasteiger partial charge in [-0.2, -0.15) is 0 Å². The third-order valence-electron chi connectivity index (χ3n) is 3.37. The number of nitrogens with zero attached hydrogens (tertiary/aromatic N) is 2. The van der Waals surface area contributed by atoms with Gasteiger partial charge in [-0.05, 0) is 24.3 Å². The van der Waals surface area contributed by atoms with Gasteiger partial charge in [0, 0.05) is 43.8 Å². The average Bonchev–Trinajstić information content (AvgIpc) is 2.95. The van der Waals surface area contributed by atoms with Gasteiger partial charge in [-0.25, -0.2) is 9.37 Å².